The summed E-state index contributed by atoms with van der Waals surface area (Å²) in [5, 5.41) is 19.4. The van der Waals surface area contributed by atoms with Crippen LogP contribution in [0.3, 0.4) is 0 Å². The quantitative estimate of drug-likeness (QED) is 0.857. The van der Waals surface area contributed by atoms with Crippen LogP contribution in [0.4, 0.5) is 5.69 Å². The van der Waals surface area contributed by atoms with E-state index in [2.05, 4.69) is 15.9 Å². The Morgan fingerprint density at radius 3 is 2.85 bits per heavy atom. The summed E-state index contributed by atoms with van der Waals surface area (Å²) in [6.07, 6.45) is 2.42. The Morgan fingerprint density at radius 2 is 2.25 bits per heavy atom. The number of hydrogen-bond donors (Lipinski definition) is 1. The van der Waals surface area contributed by atoms with Gasteiger partial charge in [-0.2, -0.15) is 5.26 Å². The average Bonchev–Trinajstić information content (AvgIpc) is 2.77. The molecule has 0 spiro atoms. The van der Waals surface area contributed by atoms with E-state index in [1.165, 1.54) is 0 Å². The van der Waals surface area contributed by atoms with Crippen molar-refractivity contribution in [2.75, 3.05) is 38.3 Å². The van der Waals surface area contributed by atoms with Crippen molar-refractivity contribution in [2.24, 2.45) is 0 Å². The molecule has 20 heavy (non-hydrogen) atoms. The normalized spacial score (nSPS) is 22.3. The van der Waals surface area contributed by atoms with E-state index in [1.807, 2.05) is 38.6 Å². The average molecular weight is 291 g/mol. The second kappa shape index (κ2) is 6.49. The van der Waals surface area contributed by atoms with E-state index < -0.39 is 0 Å². The lowest BCUT2D eigenvalue weighted by atomic mass is 10.1. The maximum Gasteiger partial charge on any atom is 0.103 e. The summed E-state index contributed by atoms with van der Waals surface area (Å²) < 4.78 is 0. The van der Waals surface area contributed by atoms with Gasteiger partial charge in [0.15, 0.2) is 0 Å². The van der Waals surface area contributed by atoms with Crippen molar-refractivity contribution in [3.8, 4) is 6.07 Å². The predicted octanol–water partition coefficient (Wildman–Crippen LogP) is 1.78. The van der Waals surface area contributed by atoms with Crippen LogP contribution in [0.25, 0.3) is 0 Å². The molecule has 2 atom stereocenters. The fraction of sp³-hybridized carbons (Fsp3) is 0.533. The maximum absolute atomic E-state index is 9.99. The molecular weight excluding hydrogens is 270 g/mol. The second-order valence-corrected chi connectivity index (χ2v) is 6.27. The molecule has 2 unspecified atom stereocenters. The molecule has 1 aromatic rings. The van der Waals surface area contributed by atoms with Crippen molar-refractivity contribution in [3.63, 3.8) is 0 Å². The molecule has 0 radical (unpaired) electrons. The van der Waals surface area contributed by atoms with Crippen molar-refractivity contribution in [1.82, 2.24) is 4.90 Å². The summed E-state index contributed by atoms with van der Waals surface area (Å²) in [4.78, 5) is 5.30. The molecule has 0 aromatic heterocycles. The summed E-state index contributed by atoms with van der Waals surface area (Å²) in [6, 6.07) is 8.52. The highest BCUT2D eigenvalue weighted by molar-refractivity contribution is 7.98. The van der Waals surface area contributed by atoms with Gasteiger partial charge in [-0.3, -0.25) is 0 Å². The van der Waals surface area contributed by atoms with Gasteiger partial charge in [0.2, 0.25) is 0 Å². The second-order valence-electron chi connectivity index (χ2n) is 5.42. The first kappa shape index (κ1) is 15.2. The highest BCUT2D eigenvalue weighted by atomic mass is 32.2. The van der Waals surface area contributed by atoms with Gasteiger partial charge in [-0.15, -0.1) is 11.8 Å². The summed E-state index contributed by atoms with van der Waals surface area (Å²) in [6.45, 7) is 1.48. The van der Waals surface area contributed by atoms with Gasteiger partial charge in [0.05, 0.1) is 17.4 Å². The molecule has 4 nitrogen and oxygen atoms in total. The molecule has 1 N–H and O–H groups in total. The van der Waals surface area contributed by atoms with Crippen LogP contribution in [-0.2, 0) is 0 Å². The van der Waals surface area contributed by atoms with E-state index in [0.29, 0.717) is 6.54 Å². The smallest absolute Gasteiger partial charge is 0.103 e. The Kier molecular flexibility index (Phi) is 4.92. The van der Waals surface area contributed by atoms with Gasteiger partial charge in [-0.05, 0) is 38.9 Å². The molecule has 0 aliphatic carbocycles. The van der Waals surface area contributed by atoms with Gasteiger partial charge in [0.25, 0.3) is 0 Å². The molecule has 1 saturated heterocycles. The van der Waals surface area contributed by atoms with Gasteiger partial charge in [-0.1, -0.05) is 6.07 Å². The van der Waals surface area contributed by atoms with Crippen LogP contribution < -0.4 is 4.90 Å². The number of anilines is 1. The molecule has 1 aromatic carbocycles. The first-order valence-electron chi connectivity index (χ1n) is 6.73. The molecule has 0 bridgehead atoms. The fourth-order valence-electron chi connectivity index (χ4n) is 2.82. The molecule has 1 heterocycles. The minimum Gasteiger partial charge on any atom is -0.391 e. The Labute approximate surface area is 125 Å². The van der Waals surface area contributed by atoms with Crippen molar-refractivity contribution in [1.29, 1.82) is 5.26 Å². The lowest BCUT2D eigenvalue weighted by Gasteiger charge is -2.29. The van der Waals surface area contributed by atoms with E-state index in [4.69, 9.17) is 0 Å². The number of nitriles is 1. The number of thioether (sulfide) groups is 1. The third-order valence-corrected chi connectivity index (χ3v) is 4.39. The van der Waals surface area contributed by atoms with E-state index in [9.17, 15) is 10.4 Å². The standard InChI is InChI=1S/C15H21N3OS/c1-17(2)9-11-7-12(19)10-18(11)14-5-4-6-15(20-3)13(14)8-16/h4-6,11-12,19H,7,9-10H2,1-3H3. The van der Waals surface area contributed by atoms with Gasteiger partial charge in [0.1, 0.15) is 6.07 Å². The third kappa shape index (κ3) is 3.09. The topological polar surface area (TPSA) is 50.5 Å². The first-order valence-corrected chi connectivity index (χ1v) is 7.95. The molecule has 108 valence electrons. The van der Waals surface area contributed by atoms with Crippen molar-refractivity contribution < 1.29 is 5.11 Å². The minimum atomic E-state index is -0.315. The third-order valence-electron chi connectivity index (χ3n) is 3.61. The number of rotatable bonds is 4. The minimum absolute atomic E-state index is 0.254. The van der Waals surface area contributed by atoms with Gasteiger partial charge in [0, 0.05) is 24.0 Å². The summed E-state index contributed by atoms with van der Waals surface area (Å²) in [5.41, 5.74) is 1.67. The van der Waals surface area contributed by atoms with Crippen molar-refractivity contribution >= 4 is 17.4 Å². The number of likely N-dealkylation sites (N-methyl/N-ethyl adjacent to an activating group) is 1. The number of nitrogens with zero attached hydrogens (tertiary/aromatic N) is 3. The Morgan fingerprint density at radius 1 is 1.50 bits per heavy atom. The fourth-order valence-corrected chi connectivity index (χ4v) is 3.39. The first-order chi connectivity index (χ1) is 9.56. The van der Waals surface area contributed by atoms with E-state index in [0.717, 1.165) is 29.1 Å². The zero-order chi connectivity index (χ0) is 14.7. The molecule has 1 fully saturated rings. The molecular formula is C15H21N3OS. The van der Waals surface area contributed by atoms with Crippen LogP contribution in [0.1, 0.15) is 12.0 Å². The molecule has 1 aliphatic rings. The molecule has 1 aliphatic heterocycles. The summed E-state index contributed by atoms with van der Waals surface area (Å²) >= 11 is 1.59. The van der Waals surface area contributed by atoms with Crippen LogP contribution >= 0.6 is 11.8 Å². The largest absolute Gasteiger partial charge is 0.391 e. The van der Waals surface area contributed by atoms with Crippen LogP contribution in [0.5, 0.6) is 0 Å². The van der Waals surface area contributed by atoms with Crippen molar-refractivity contribution in [3.05, 3.63) is 23.8 Å². The number of hydrogen-bond acceptors (Lipinski definition) is 5. The monoisotopic (exact) mass is 291 g/mol. The molecule has 5 heteroatoms. The zero-order valence-corrected chi connectivity index (χ0v) is 13.0. The van der Waals surface area contributed by atoms with Gasteiger partial charge >= 0.3 is 0 Å². The lowest BCUT2D eigenvalue weighted by molar-refractivity contribution is 0.191. The van der Waals surface area contributed by atoms with E-state index in [1.54, 1.807) is 11.8 Å². The van der Waals surface area contributed by atoms with Crippen LogP contribution in [-0.4, -0.2) is 55.6 Å². The predicted molar refractivity (Wildman–Crippen MR) is 83.2 cm³/mol. The molecule has 0 saturated carbocycles. The van der Waals surface area contributed by atoms with Crippen molar-refractivity contribution in [2.45, 2.75) is 23.5 Å². The van der Waals surface area contributed by atoms with Gasteiger partial charge in [-0.25, -0.2) is 0 Å². The highest BCUT2D eigenvalue weighted by Gasteiger charge is 2.32. The Balaban J connectivity index is 2.36. The zero-order valence-electron chi connectivity index (χ0n) is 12.2. The van der Waals surface area contributed by atoms with E-state index in [-0.39, 0.29) is 12.1 Å². The van der Waals surface area contributed by atoms with Crippen LogP contribution in [0, 0.1) is 11.3 Å². The highest BCUT2D eigenvalue weighted by Crippen LogP contribution is 2.33. The lowest BCUT2D eigenvalue weighted by Crippen LogP contribution is -2.38. The van der Waals surface area contributed by atoms with E-state index >= 15 is 0 Å². The summed E-state index contributed by atoms with van der Waals surface area (Å²) in [5.74, 6) is 0. The number of aliphatic hydroxyl groups excluding tert-OH is 1. The van der Waals surface area contributed by atoms with Crippen LogP contribution in [0.2, 0.25) is 0 Å². The number of benzene rings is 1. The molecule has 2 rings (SSSR count). The summed E-state index contributed by atoms with van der Waals surface area (Å²) in [7, 11) is 4.07. The van der Waals surface area contributed by atoms with Gasteiger partial charge < -0.3 is 14.9 Å². The molecule has 0 amide bonds. The number of β-amino-alcohol motifs (C(OH)–C–C–N with tert-alkyl or cyclic N) is 1. The van der Waals surface area contributed by atoms with Crippen LogP contribution in [0.15, 0.2) is 23.1 Å². The Hall–Kier alpha value is -1.22. The maximum atomic E-state index is 9.99. The number of aliphatic hydroxyl groups is 1. The Bertz CT molecular complexity index is 512. The SMILES string of the molecule is CSc1cccc(N2CC(O)CC2CN(C)C)c1C#N.